The Morgan fingerprint density at radius 2 is 2.24 bits per heavy atom. The summed E-state index contributed by atoms with van der Waals surface area (Å²) in [5.41, 5.74) is 3.12. The third-order valence-electron chi connectivity index (χ3n) is 2.52. The van der Waals surface area contributed by atoms with Crippen molar-refractivity contribution in [1.29, 1.82) is 0 Å². The standard InChI is InChI=1S/C13H18N4/c1-3-6-14-10-12-9-13(4-7-15-12)17-8-5-11(2)16-17/h4-5,7-9,14H,3,6,10H2,1-2H3. The summed E-state index contributed by atoms with van der Waals surface area (Å²) in [6.07, 6.45) is 4.93. The summed E-state index contributed by atoms with van der Waals surface area (Å²) >= 11 is 0. The van der Waals surface area contributed by atoms with Crippen LogP contribution in [0.2, 0.25) is 0 Å². The smallest absolute Gasteiger partial charge is 0.0679 e. The molecule has 0 saturated heterocycles. The minimum atomic E-state index is 0.807. The van der Waals surface area contributed by atoms with Crippen LogP contribution < -0.4 is 5.32 Å². The van der Waals surface area contributed by atoms with Gasteiger partial charge in [-0.3, -0.25) is 4.98 Å². The Labute approximate surface area is 102 Å². The van der Waals surface area contributed by atoms with Gasteiger partial charge in [0.2, 0.25) is 0 Å². The monoisotopic (exact) mass is 230 g/mol. The van der Waals surface area contributed by atoms with Crippen LogP contribution in [0.5, 0.6) is 0 Å². The lowest BCUT2D eigenvalue weighted by Crippen LogP contribution is -2.15. The molecule has 0 spiro atoms. The lowest BCUT2D eigenvalue weighted by atomic mass is 10.3. The number of nitrogens with zero attached hydrogens (tertiary/aromatic N) is 3. The SMILES string of the molecule is CCCNCc1cc(-n2ccc(C)n2)ccn1. The van der Waals surface area contributed by atoms with Crippen LogP contribution in [0, 0.1) is 6.92 Å². The van der Waals surface area contributed by atoms with Gasteiger partial charge in [-0.05, 0) is 38.1 Å². The Kier molecular flexibility index (Phi) is 3.88. The van der Waals surface area contributed by atoms with E-state index in [4.69, 9.17) is 0 Å². The molecule has 0 aliphatic carbocycles. The highest BCUT2D eigenvalue weighted by Gasteiger charge is 2.00. The van der Waals surface area contributed by atoms with E-state index in [1.54, 1.807) is 0 Å². The van der Waals surface area contributed by atoms with Crippen molar-refractivity contribution in [3.8, 4) is 5.69 Å². The second kappa shape index (κ2) is 5.59. The summed E-state index contributed by atoms with van der Waals surface area (Å²) in [6.45, 7) is 5.97. The van der Waals surface area contributed by atoms with Gasteiger partial charge in [-0.15, -0.1) is 0 Å². The zero-order valence-corrected chi connectivity index (χ0v) is 10.3. The molecule has 0 saturated carbocycles. The highest BCUT2D eigenvalue weighted by Crippen LogP contribution is 2.08. The Hall–Kier alpha value is -1.68. The maximum atomic E-state index is 4.39. The molecule has 0 aromatic carbocycles. The van der Waals surface area contributed by atoms with Crippen LogP contribution in [0.4, 0.5) is 0 Å². The lowest BCUT2D eigenvalue weighted by molar-refractivity contribution is 0.663. The predicted octanol–water partition coefficient (Wildman–Crippen LogP) is 2.08. The molecule has 0 radical (unpaired) electrons. The molecular weight excluding hydrogens is 212 g/mol. The number of nitrogens with one attached hydrogen (secondary N) is 1. The van der Waals surface area contributed by atoms with E-state index in [0.717, 1.165) is 36.6 Å². The van der Waals surface area contributed by atoms with E-state index in [-0.39, 0.29) is 0 Å². The van der Waals surface area contributed by atoms with Gasteiger partial charge in [-0.2, -0.15) is 5.10 Å². The van der Waals surface area contributed by atoms with E-state index in [1.807, 2.05) is 36.1 Å². The third-order valence-corrected chi connectivity index (χ3v) is 2.52. The van der Waals surface area contributed by atoms with Crippen molar-refractivity contribution in [2.24, 2.45) is 0 Å². The van der Waals surface area contributed by atoms with Crippen molar-refractivity contribution < 1.29 is 0 Å². The van der Waals surface area contributed by atoms with Crippen LogP contribution in [0.1, 0.15) is 24.7 Å². The van der Waals surface area contributed by atoms with Gasteiger partial charge < -0.3 is 5.32 Å². The summed E-state index contributed by atoms with van der Waals surface area (Å²) < 4.78 is 1.88. The van der Waals surface area contributed by atoms with Gasteiger partial charge in [-0.1, -0.05) is 6.92 Å². The van der Waals surface area contributed by atoms with Crippen LogP contribution >= 0.6 is 0 Å². The first-order chi connectivity index (χ1) is 8.29. The number of hydrogen-bond acceptors (Lipinski definition) is 3. The fraction of sp³-hybridized carbons (Fsp3) is 0.385. The topological polar surface area (TPSA) is 42.7 Å². The van der Waals surface area contributed by atoms with E-state index >= 15 is 0 Å². The van der Waals surface area contributed by atoms with E-state index in [0.29, 0.717) is 0 Å². The number of rotatable bonds is 5. The van der Waals surface area contributed by atoms with Crippen LogP contribution in [0.3, 0.4) is 0 Å². The first kappa shape index (κ1) is 11.8. The van der Waals surface area contributed by atoms with Gasteiger partial charge in [0.15, 0.2) is 0 Å². The molecule has 17 heavy (non-hydrogen) atoms. The number of aromatic nitrogens is 3. The second-order valence-corrected chi connectivity index (χ2v) is 4.08. The van der Waals surface area contributed by atoms with Gasteiger partial charge in [0.05, 0.1) is 17.1 Å². The molecule has 1 N–H and O–H groups in total. The number of aryl methyl sites for hydroxylation is 1. The van der Waals surface area contributed by atoms with E-state index in [9.17, 15) is 0 Å². The largest absolute Gasteiger partial charge is 0.311 e. The highest BCUT2D eigenvalue weighted by atomic mass is 15.3. The summed E-state index contributed by atoms with van der Waals surface area (Å²) in [5.74, 6) is 0. The van der Waals surface area contributed by atoms with E-state index in [2.05, 4.69) is 28.4 Å². The zero-order chi connectivity index (χ0) is 12.1. The molecule has 4 nitrogen and oxygen atoms in total. The fourth-order valence-corrected chi connectivity index (χ4v) is 1.66. The molecule has 0 atom stereocenters. The molecule has 4 heteroatoms. The molecule has 0 unspecified atom stereocenters. The van der Waals surface area contributed by atoms with Crippen LogP contribution in [0.15, 0.2) is 30.6 Å². The van der Waals surface area contributed by atoms with Crippen LogP contribution in [-0.4, -0.2) is 21.3 Å². The molecule has 0 fully saturated rings. The first-order valence-electron chi connectivity index (χ1n) is 5.98. The maximum Gasteiger partial charge on any atom is 0.0679 e. The molecule has 2 rings (SSSR count). The van der Waals surface area contributed by atoms with Crippen molar-refractivity contribution in [1.82, 2.24) is 20.1 Å². The molecule has 2 heterocycles. The number of hydrogen-bond donors (Lipinski definition) is 1. The third kappa shape index (κ3) is 3.14. The minimum absolute atomic E-state index is 0.807. The van der Waals surface area contributed by atoms with Gasteiger partial charge >= 0.3 is 0 Å². The second-order valence-electron chi connectivity index (χ2n) is 4.08. The van der Waals surface area contributed by atoms with Gasteiger partial charge in [0.25, 0.3) is 0 Å². The fourth-order valence-electron chi connectivity index (χ4n) is 1.66. The van der Waals surface area contributed by atoms with Crippen molar-refractivity contribution in [3.63, 3.8) is 0 Å². The summed E-state index contributed by atoms with van der Waals surface area (Å²) in [5, 5.41) is 7.73. The average Bonchev–Trinajstić information content (AvgIpc) is 2.77. The summed E-state index contributed by atoms with van der Waals surface area (Å²) in [6, 6.07) is 6.03. The van der Waals surface area contributed by atoms with Crippen molar-refractivity contribution in [3.05, 3.63) is 42.0 Å². The quantitative estimate of drug-likeness (QED) is 0.800. The summed E-state index contributed by atoms with van der Waals surface area (Å²) in [4.78, 5) is 4.34. The van der Waals surface area contributed by atoms with Crippen LogP contribution in [0.25, 0.3) is 5.69 Å². The molecule has 2 aromatic heterocycles. The van der Waals surface area contributed by atoms with Crippen molar-refractivity contribution >= 4 is 0 Å². The maximum absolute atomic E-state index is 4.39. The molecule has 90 valence electrons. The number of pyridine rings is 1. The molecule has 0 bridgehead atoms. The van der Waals surface area contributed by atoms with Crippen molar-refractivity contribution in [2.45, 2.75) is 26.8 Å². The molecule has 0 aliphatic rings. The Balaban J connectivity index is 2.11. The lowest BCUT2D eigenvalue weighted by Gasteiger charge is -2.05. The molecule has 2 aromatic rings. The highest BCUT2D eigenvalue weighted by molar-refractivity contribution is 5.31. The molecule has 0 aliphatic heterocycles. The van der Waals surface area contributed by atoms with Crippen molar-refractivity contribution in [2.75, 3.05) is 6.54 Å². The zero-order valence-electron chi connectivity index (χ0n) is 10.3. The minimum Gasteiger partial charge on any atom is -0.311 e. The average molecular weight is 230 g/mol. The Morgan fingerprint density at radius 3 is 2.94 bits per heavy atom. The Bertz CT molecular complexity index is 476. The van der Waals surface area contributed by atoms with E-state index in [1.165, 1.54) is 0 Å². The van der Waals surface area contributed by atoms with Gasteiger partial charge in [0.1, 0.15) is 0 Å². The Morgan fingerprint density at radius 1 is 1.35 bits per heavy atom. The van der Waals surface area contributed by atoms with Gasteiger partial charge in [-0.25, -0.2) is 4.68 Å². The predicted molar refractivity (Wildman–Crippen MR) is 68.1 cm³/mol. The van der Waals surface area contributed by atoms with Crippen LogP contribution in [-0.2, 0) is 6.54 Å². The molecular formula is C13H18N4. The summed E-state index contributed by atoms with van der Waals surface area (Å²) in [7, 11) is 0. The van der Waals surface area contributed by atoms with E-state index < -0.39 is 0 Å². The molecule has 0 amide bonds. The first-order valence-corrected chi connectivity index (χ1v) is 5.98. The van der Waals surface area contributed by atoms with Gasteiger partial charge in [0, 0.05) is 18.9 Å². The normalized spacial score (nSPS) is 10.7.